The van der Waals surface area contributed by atoms with Crippen molar-refractivity contribution in [2.75, 3.05) is 13.1 Å². The molecule has 4 heteroatoms. The second-order valence-electron chi connectivity index (χ2n) is 6.33. The van der Waals surface area contributed by atoms with Gasteiger partial charge in [0, 0.05) is 19.1 Å². The fourth-order valence-corrected chi connectivity index (χ4v) is 3.48. The minimum atomic E-state index is -0.981. The van der Waals surface area contributed by atoms with E-state index in [1.807, 2.05) is 12.1 Å². The van der Waals surface area contributed by atoms with E-state index >= 15 is 0 Å². The van der Waals surface area contributed by atoms with Crippen molar-refractivity contribution >= 4 is 6.09 Å². The molecule has 1 saturated heterocycles. The summed E-state index contributed by atoms with van der Waals surface area (Å²) < 4.78 is 0. The molecule has 0 aliphatic carbocycles. The molecule has 0 saturated carbocycles. The number of nitrogens with one attached hydrogen (secondary N) is 1. The van der Waals surface area contributed by atoms with Crippen LogP contribution in [0.25, 0.3) is 0 Å². The lowest BCUT2D eigenvalue weighted by Crippen LogP contribution is -2.26. The van der Waals surface area contributed by atoms with Crippen molar-refractivity contribution in [3.8, 4) is 0 Å². The Balaban J connectivity index is 1.64. The zero-order valence-electron chi connectivity index (χ0n) is 13.8. The van der Waals surface area contributed by atoms with Gasteiger partial charge < -0.3 is 10.4 Å². The van der Waals surface area contributed by atoms with Gasteiger partial charge in [-0.15, -0.1) is 0 Å². The quantitative estimate of drug-likeness (QED) is 0.849. The zero-order chi connectivity index (χ0) is 16.8. The molecular formula is C20H24N2O2. The van der Waals surface area contributed by atoms with Crippen LogP contribution in [0.15, 0.2) is 54.6 Å². The number of carbonyl (C=O) groups is 1. The Morgan fingerprint density at radius 2 is 1.92 bits per heavy atom. The lowest BCUT2D eigenvalue weighted by atomic mass is 10.0. The third kappa shape index (κ3) is 4.36. The minimum Gasteiger partial charge on any atom is -0.465 e. The molecule has 1 unspecified atom stereocenters. The summed E-state index contributed by atoms with van der Waals surface area (Å²) in [5.41, 5.74) is 3.69. The van der Waals surface area contributed by atoms with Gasteiger partial charge in [-0.1, -0.05) is 54.6 Å². The van der Waals surface area contributed by atoms with Gasteiger partial charge in [0.05, 0.1) is 0 Å². The highest BCUT2D eigenvalue weighted by Gasteiger charge is 2.25. The molecule has 1 aliphatic rings. The maximum Gasteiger partial charge on any atom is 0.404 e. The summed E-state index contributed by atoms with van der Waals surface area (Å²) in [4.78, 5) is 13.2. The number of hydrogen-bond acceptors (Lipinski definition) is 2. The van der Waals surface area contributed by atoms with Gasteiger partial charge in [-0.25, -0.2) is 4.79 Å². The molecule has 3 rings (SSSR count). The van der Waals surface area contributed by atoms with Gasteiger partial charge >= 0.3 is 6.09 Å². The predicted molar refractivity (Wildman–Crippen MR) is 95.0 cm³/mol. The molecule has 2 N–H and O–H groups in total. The Kier molecular flexibility index (Phi) is 5.49. The SMILES string of the molecule is O=C(O)NCc1cccc(C2CCCN2CCc2ccccc2)c1. The summed E-state index contributed by atoms with van der Waals surface area (Å²) in [5.74, 6) is 0. The first-order chi connectivity index (χ1) is 11.7. The second kappa shape index (κ2) is 7.97. The lowest BCUT2D eigenvalue weighted by molar-refractivity contribution is 0.194. The first kappa shape index (κ1) is 16.5. The standard InChI is InChI=1S/C20H24N2O2/c23-20(24)21-15-17-8-4-9-18(14-17)19-10-5-12-22(19)13-11-16-6-2-1-3-7-16/h1-4,6-9,14,19,21H,5,10-13,15H2,(H,23,24). The van der Waals surface area contributed by atoms with Gasteiger partial charge in [0.25, 0.3) is 0 Å². The zero-order valence-corrected chi connectivity index (χ0v) is 13.8. The van der Waals surface area contributed by atoms with Crippen molar-refractivity contribution in [2.24, 2.45) is 0 Å². The van der Waals surface area contributed by atoms with Gasteiger partial charge in [-0.05, 0) is 42.5 Å². The summed E-state index contributed by atoms with van der Waals surface area (Å²) in [6.45, 7) is 2.56. The smallest absolute Gasteiger partial charge is 0.404 e. The highest BCUT2D eigenvalue weighted by molar-refractivity contribution is 5.64. The third-order valence-electron chi connectivity index (χ3n) is 4.67. The number of nitrogens with zero attached hydrogens (tertiary/aromatic N) is 1. The number of likely N-dealkylation sites (tertiary alicyclic amines) is 1. The molecule has 1 amide bonds. The molecule has 2 aromatic carbocycles. The van der Waals surface area contributed by atoms with Crippen LogP contribution in [-0.2, 0) is 13.0 Å². The van der Waals surface area contributed by atoms with Crippen LogP contribution in [0.5, 0.6) is 0 Å². The van der Waals surface area contributed by atoms with Crippen LogP contribution < -0.4 is 5.32 Å². The van der Waals surface area contributed by atoms with E-state index in [9.17, 15) is 4.79 Å². The average Bonchev–Trinajstić information content (AvgIpc) is 3.08. The van der Waals surface area contributed by atoms with E-state index in [4.69, 9.17) is 5.11 Å². The van der Waals surface area contributed by atoms with Crippen LogP contribution >= 0.6 is 0 Å². The number of rotatable bonds is 6. The van der Waals surface area contributed by atoms with Crippen LogP contribution in [0, 0.1) is 0 Å². The molecule has 1 fully saturated rings. The average molecular weight is 324 g/mol. The van der Waals surface area contributed by atoms with Gasteiger partial charge in [0.1, 0.15) is 0 Å². The number of hydrogen-bond donors (Lipinski definition) is 2. The van der Waals surface area contributed by atoms with Crippen molar-refractivity contribution in [3.63, 3.8) is 0 Å². The van der Waals surface area contributed by atoms with E-state index in [1.54, 1.807) is 0 Å². The Morgan fingerprint density at radius 3 is 2.71 bits per heavy atom. The molecule has 0 spiro atoms. The van der Waals surface area contributed by atoms with Crippen molar-refractivity contribution in [1.29, 1.82) is 0 Å². The highest BCUT2D eigenvalue weighted by atomic mass is 16.4. The van der Waals surface area contributed by atoms with E-state index in [-0.39, 0.29) is 0 Å². The molecular weight excluding hydrogens is 300 g/mol. The predicted octanol–water partition coefficient (Wildman–Crippen LogP) is 3.83. The van der Waals surface area contributed by atoms with Gasteiger partial charge in [-0.2, -0.15) is 0 Å². The van der Waals surface area contributed by atoms with E-state index in [0.717, 1.165) is 25.1 Å². The molecule has 1 aliphatic heterocycles. The van der Waals surface area contributed by atoms with Gasteiger partial charge in [0.15, 0.2) is 0 Å². The maximum atomic E-state index is 10.7. The van der Waals surface area contributed by atoms with E-state index < -0.39 is 6.09 Å². The van der Waals surface area contributed by atoms with Gasteiger partial charge in [-0.3, -0.25) is 4.90 Å². The maximum absolute atomic E-state index is 10.7. The Hall–Kier alpha value is -2.33. The second-order valence-corrected chi connectivity index (χ2v) is 6.33. The number of benzene rings is 2. The van der Waals surface area contributed by atoms with Crippen LogP contribution in [0.2, 0.25) is 0 Å². The normalized spacial score (nSPS) is 17.8. The first-order valence-electron chi connectivity index (χ1n) is 8.56. The van der Waals surface area contributed by atoms with Crippen molar-refractivity contribution in [1.82, 2.24) is 10.2 Å². The Labute approximate surface area is 143 Å². The summed E-state index contributed by atoms with van der Waals surface area (Å²) in [6.07, 6.45) is 2.48. The van der Waals surface area contributed by atoms with Crippen molar-refractivity contribution in [3.05, 3.63) is 71.3 Å². The fourth-order valence-electron chi connectivity index (χ4n) is 3.48. The van der Waals surface area contributed by atoms with Gasteiger partial charge in [0.2, 0.25) is 0 Å². The number of carboxylic acid groups (broad SMARTS) is 1. The van der Waals surface area contributed by atoms with E-state index in [0.29, 0.717) is 12.6 Å². The number of amides is 1. The van der Waals surface area contributed by atoms with Crippen LogP contribution in [0.4, 0.5) is 4.79 Å². The highest BCUT2D eigenvalue weighted by Crippen LogP contribution is 2.32. The summed E-state index contributed by atoms with van der Waals surface area (Å²) >= 11 is 0. The largest absolute Gasteiger partial charge is 0.465 e. The third-order valence-corrected chi connectivity index (χ3v) is 4.67. The van der Waals surface area contributed by atoms with E-state index in [1.165, 1.54) is 24.0 Å². The summed E-state index contributed by atoms with van der Waals surface area (Å²) in [6, 6.07) is 19.4. The lowest BCUT2D eigenvalue weighted by Gasteiger charge is -2.25. The van der Waals surface area contributed by atoms with Crippen LogP contribution in [0.1, 0.15) is 35.6 Å². The molecule has 0 radical (unpaired) electrons. The molecule has 0 bridgehead atoms. The van der Waals surface area contributed by atoms with Crippen LogP contribution in [-0.4, -0.2) is 29.2 Å². The van der Waals surface area contributed by atoms with Crippen molar-refractivity contribution in [2.45, 2.75) is 31.8 Å². The Morgan fingerprint density at radius 1 is 1.12 bits per heavy atom. The molecule has 1 heterocycles. The monoisotopic (exact) mass is 324 g/mol. The molecule has 0 aromatic heterocycles. The van der Waals surface area contributed by atoms with E-state index in [2.05, 4.69) is 52.7 Å². The summed E-state index contributed by atoms with van der Waals surface area (Å²) in [7, 11) is 0. The molecule has 24 heavy (non-hydrogen) atoms. The molecule has 1 atom stereocenters. The minimum absolute atomic E-state index is 0.361. The summed E-state index contributed by atoms with van der Waals surface area (Å²) in [5, 5.41) is 11.2. The molecule has 4 nitrogen and oxygen atoms in total. The molecule has 2 aromatic rings. The molecule has 126 valence electrons. The Bertz CT molecular complexity index is 672. The first-order valence-corrected chi connectivity index (χ1v) is 8.56. The topological polar surface area (TPSA) is 52.6 Å². The van der Waals surface area contributed by atoms with Crippen LogP contribution in [0.3, 0.4) is 0 Å². The van der Waals surface area contributed by atoms with Crippen molar-refractivity contribution < 1.29 is 9.90 Å². The fraction of sp³-hybridized carbons (Fsp3) is 0.350.